The molecule has 0 bridgehead atoms. The molecule has 0 aliphatic rings. The van der Waals surface area contributed by atoms with Gasteiger partial charge in [0.25, 0.3) is 0 Å². The van der Waals surface area contributed by atoms with Crippen LogP contribution in [0.1, 0.15) is 25.8 Å². The first kappa shape index (κ1) is 21.7. The molecule has 0 heterocycles. The molecular weight excluding hydrogens is 360 g/mol. The van der Waals surface area contributed by atoms with Crippen molar-refractivity contribution in [2.75, 3.05) is 39.0 Å². The van der Waals surface area contributed by atoms with Crippen LogP contribution in [0.4, 0.5) is 0 Å². The number of hydrogen-bond donors (Lipinski definition) is 2. The van der Waals surface area contributed by atoms with E-state index in [1.165, 1.54) is 16.1 Å². The highest BCUT2D eigenvalue weighted by molar-refractivity contribution is 7.88. The Labute approximate surface area is 156 Å². The number of sulfonamides is 1. The quantitative estimate of drug-likeness (QED) is 0.366. The molecule has 1 aromatic rings. The van der Waals surface area contributed by atoms with Crippen LogP contribution < -0.4 is 10.6 Å². The third kappa shape index (κ3) is 9.09. The van der Waals surface area contributed by atoms with Gasteiger partial charge in [0.2, 0.25) is 10.0 Å². The second kappa shape index (κ2) is 11.3. The zero-order chi connectivity index (χ0) is 18.7. The van der Waals surface area contributed by atoms with E-state index in [4.69, 9.17) is 11.6 Å². The van der Waals surface area contributed by atoms with Gasteiger partial charge in [-0.15, -0.1) is 0 Å². The molecule has 0 aromatic heterocycles. The van der Waals surface area contributed by atoms with Crippen LogP contribution in [-0.4, -0.2) is 57.7 Å². The molecule has 1 aromatic carbocycles. The maximum absolute atomic E-state index is 11.5. The molecule has 0 amide bonds. The molecular formula is C17H29ClN4O2S. The Hall–Kier alpha value is -1.31. The number of aliphatic imine (C=N–C) groups is 1. The largest absolute Gasteiger partial charge is 0.357 e. The first-order valence-corrected chi connectivity index (χ1v) is 10.8. The minimum absolute atomic E-state index is 0.488. The molecule has 0 radical (unpaired) electrons. The summed E-state index contributed by atoms with van der Waals surface area (Å²) in [5.41, 5.74) is 1.21. The van der Waals surface area contributed by atoms with E-state index in [0.717, 1.165) is 30.5 Å². The van der Waals surface area contributed by atoms with Gasteiger partial charge < -0.3 is 10.6 Å². The van der Waals surface area contributed by atoms with E-state index in [1.807, 2.05) is 38.1 Å². The maximum Gasteiger partial charge on any atom is 0.211 e. The Balaban J connectivity index is 2.41. The average molecular weight is 389 g/mol. The van der Waals surface area contributed by atoms with Crippen molar-refractivity contribution in [1.82, 2.24) is 14.9 Å². The molecule has 8 heteroatoms. The number of guanidine groups is 1. The molecule has 142 valence electrons. The van der Waals surface area contributed by atoms with Crippen LogP contribution in [-0.2, 0) is 16.4 Å². The monoisotopic (exact) mass is 388 g/mol. The van der Waals surface area contributed by atoms with Crippen molar-refractivity contribution >= 4 is 27.6 Å². The van der Waals surface area contributed by atoms with E-state index in [-0.39, 0.29) is 0 Å². The molecule has 6 nitrogen and oxygen atoms in total. The van der Waals surface area contributed by atoms with Crippen molar-refractivity contribution in [1.29, 1.82) is 0 Å². The fourth-order valence-corrected chi connectivity index (χ4v) is 3.37. The topological polar surface area (TPSA) is 73.8 Å². The van der Waals surface area contributed by atoms with Crippen molar-refractivity contribution in [3.63, 3.8) is 0 Å². The summed E-state index contributed by atoms with van der Waals surface area (Å²) in [5.74, 6) is 0.749. The van der Waals surface area contributed by atoms with Crippen molar-refractivity contribution in [3.05, 3.63) is 34.9 Å². The fraction of sp³-hybridized carbons (Fsp3) is 0.588. The first-order valence-electron chi connectivity index (χ1n) is 8.58. The van der Waals surface area contributed by atoms with Crippen molar-refractivity contribution in [3.8, 4) is 0 Å². The molecule has 2 N–H and O–H groups in total. The van der Waals surface area contributed by atoms with Crippen molar-refractivity contribution in [2.24, 2.45) is 4.99 Å². The van der Waals surface area contributed by atoms with Crippen LogP contribution in [0, 0.1) is 0 Å². The van der Waals surface area contributed by atoms with Gasteiger partial charge in [0.15, 0.2) is 5.96 Å². The summed E-state index contributed by atoms with van der Waals surface area (Å²) in [6.07, 6.45) is 2.80. The smallest absolute Gasteiger partial charge is 0.211 e. The lowest BCUT2D eigenvalue weighted by atomic mass is 10.1. The predicted octanol–water partition coefficient (Wildman–Crippen LogP) is 2.11. The molecule has 0 spiro atoms. The molecule has 0 aliphatic heterocycles. The van der Waals surface area contributed by atoms with E-state index in [1.54, 1.807) is 0 Å². The Morgan fingerprint density at radius 1 is 1.20 bits per heavy atom. The summed E-state index contributed by atoms with van der Waals surface area (Å²) in [4.78, 5) is 4.50. The van der Waals surface area contributed by atoms with Crippen LogP contribution in [0.2, 0.25) is 5.02 Å². The van der Waals surface area contributed by atoms with E-state index in [0.29, 0.717) is 26.1 Å². The van der Waals surface area contributed by atoms with Crippen LogP contribution in [0.15, 0.2) is 29.3 Å². The van der Waals surface area contributed by atoms with Gasteiger partial charge in [0.05, 0.1) is 6.26 Å². The SMILES string of the molecule is CCNC(=NCCCN(CC)S(C)(=O)=O)NCCc1ccc(Cl)cc1. The third-order valence-corrected chi connectivity index (χ3v) is 5.25. The minimum Gasteiger partial charge on any atom is -0.357 e. The Bertz CT molecular complexity index is 633. The van der Waals surface area contributed by atoms with Gasteiger partial charge in [-0.05, 0) is 37.5 Å². The molecule has 1 rings (SSSR count). The zero-order valence-electron chi connectivity index (χ0n) is 15.3. The second-order valence-corrected chi connectivity index (χ2v) is 8.09. The summed E-state index contributed by atoms with van der Waals surface area (Å²) >= 11 is 5.88. The van der Waals surface area contributed by atoms with E-state index < -0.39 is 10.0 Å². The molecule has 0 saturated carbocycles. The zero-order valence-corrected chi connectivity index (χ0v) is 16.8. The highest BCUT2D eigenvalue weighted by atomic mass is 35.5. The van der Waals surface area contributed by atoms with Crippen molar-refractivity contribution in [2.45, 2.75) is 26.7 Å². The summed E-state index contributed by atoms with van der Waals surface area (Å²) in [6, 6.07) is 7.80. The van der Waals surface area contributed by atoms with Crippen LogP contribution in [0.3, 0.4) is 0 Å². The van der Waals surface area contributed by atoms with Crippen LogP contribution >= 0.6 is 11.6 Å². The number of nitrogens with one attached hydrogen (secondary N) is 2. The third-order valence-electron chi connectivity index (χ3n) is 3.62. The summed E-state index contributed by atoms with van der Waals surface area (Å²) in [7, 11) is -3.13. The number of nitrogens with zero attached hydrogens (tertiary/aromatic N) is 2. The molecule has 0 saturated heterocycles. The normalized spacial score (nSPS) is 12.4. The summed E-state index contributed by atoms with van der Waals surface area (Å²) in [5, 5.41) is 7.22. The average Bonchev–Trinajstić information content (AvgIpc) is 2.55. The Morgan fingerprint density at radius 2 is 1.88 bits per heavy atom. The predicted molar refractivity (Wildman–Crippen MR) is 106 cm³/mol. The van der Waals surface area contributed by atoms with E-state index in [9.17, 15) is 8.42 Å². The standard InChI is InChI=1S/C17H29ClN4O2S/c1-4-19-17(20-12-6-14-22(5-2)25(3,23)24)21-13-11-15-7-9-16(18)10-8-15/h7-10H,4-6,11-14H2,1-3H3,(H2,19,20,21). The van der Waals surface area contributed by atoms with E-state index in [2.05, 4.69) is 15.6 Å². The Morgan fingerprint density at radius 3 is 2.44 bits per heavy atom. The summed E-state index contributed by atoms with van der Waals surface area (Å²) in [6.45, 7) is 6.94. The molecule has 25 heavy (non-hydrogen) atoms. The highest BCUT2D eigenvalue weighted by Gasteiger charge is 2.12. The van der Waals surface area contributed by atoms with Crippen molar-refractivity contribution < 1.29 is 8.42 Å². The lowest BCUT2D eigenvalue weighted by Crippen LogP contribution is -2.38. The molecule has 0 aliphatic carbocycles. The lowest BCUT2D eigenvalue weighted by molar-refractivity contribution is 0.427. The van der Waals surface area contributed by atoms with Gasteiger partial charge in [-0.2, -0.15) is 0 Å². The van der Waals surface area contributed by atoms with Crippen LogP contribution in [0.5, 0.6) is 0 Å². The second-order valence-electron chi connectivity index (χ2n) is 5.67. The van der Waals surface area contributed by atoms with Gasteiger partial charge in [-0.3, -0.25) is 4.99 Å². The molecule has 0 fully saturated rings. The highest BCUT2D eigenvalue weighted by Crippen LogP contribution is 2.09. The molecule has 0 atom stereocenters. The number of hydrogen-bond acceptors (Lipinski definition) is 3. The maximum atomic E-state index is 11.5. The molecule has 0 unspecified atom stereocenters. The van der Waals surface area contributed by atoms with Gasteiger partial charge in [0, 0.05) is 37.7 Å². The summed E-state index contributed by atoms with van der Waals surface area (Å²) < 4.78 is 24.6. The minimum atomic E-state index is -3.13. The number of benzene rings is 1. The fourth-order valence-electron chi connectivity index (χ4n) is 2.31. The van der Waals surface area contributed by atoms with Gasteiger partial charge >= 0.3 is 0 Å². The first-order chi connectivity index (χ1) is 11.9. The van der Waals surface area contributed by atoms with Gasteiger partial charge in [0.1, 0.15) is 0 Å². The number of rotatable bonds is 10. The number of halogens is 1. The van der Waals surface area contributed by atoms with Gasteiger partial charge in [-0.1, -0.05) is 30.7 Å². The van der Waals surface area contributed by atoms with E-state index >= 15 is 0 Å². The Kier molecular flexibility index (Phi) is 9.85. The van der Waals surface area contributed by atoms with Crippen LogP contribution in [0.25, 0.3) is 0 Å². The van der Waals surface area contributed by atoms with Gasteiger partial charge in [-0.25, -0.2) is 12.7 Å². The lowest BCUT2D eigenvalue weighted by Gasteiger charge is -2.17.